The molecule has 1 aliphatic rings. The largest absolute Gasteiger partial charge is 0.353 e. The summed E-state index contributed by atoms with van der Waals surface area (Å²) in [5.74, 6) is -0.783. The summed E-state index contributed by atoms with van der Waals surface area (Å²) in [4.78, 5) is 24.0. The van der Waals surface area contributed by atoms with Gasteiger partial charge in [0, 0.05) is 6.04 Å². The number of amides is 2. The van der Waals surface area contributed by atoms with Crippen LogP contribution in [0.1, 0.15) is 32.3 Å². The van der Waals surface area contributed by atoms with Crippen molar-refractivity contribution in [3.63, 3.8) is 0 Å². The minimum Gasteiger partial charge on any atom is -0.353 e. The van der Waals surface area contributed by atoms with Gasteiger partial charge in [-0.3, -0.25) is 9.59 Å². The molecule has 0 aromatic heterocycles. The summed E-state index contributed by atoms with van der Waals surface area (Å²) in [6.07, 6.45) is 1.44. The molecule has 0 saturated heterocycles. The maximum atomic E-state index is 12.1. The third-order valence-corrected chi connectivity index (χ3v) is 3.77. The second-order valence-electron chi connectivity index (χ2n) is 5.41. The summed E-state index contributed by atoms with van der Waals surface area (Å²) in [5.41, 5.74) is 0.921. The molecule has 3 atom stereocenters. The number of carbonyl (C=O) groups excluding carboxylic acids is 2. The van der Waals surface area contributed by atoms with E-state index in [1.165, 1.54) is 0 Å². The third-order valence-electron chi connectivity index (χ3n) is 3.77. The predicted octanol–water partition coefficient (Wildman–Crippen LogP) is 2.05. The van der Waals surface area contributed by atoms with Crippen LogP contribution < -0.4 is 10.6 Å². The van der Waals surface area contributed by atoms with Gasteiger partial charge in [-0.25, -0.2) is 0 Å². The highest BCUT2D eigenvalue weighted by atomic mass is 16.2. The van der Waals surface area contributed by atoms with Gasteiger partial charge >= 0.3 is 0 Å². The summed E-state index contributed by atoms with van der Waals surface area (Å²) in [5, 5.41) is 14.6. The second-order valence-corrected chi connectivity index (χ2v) is 5.41. The Morgan fingerprint density at radius 3 is 2.67 bits per heavy atom. The number of nitrogens with zero attached hydrogens (tertiary/aromatic N) is 1. The van der Waals surface area contributed by atoms with Crippen LogP contribution in [0.25, 0.3) is 0 Å². The quantitative estimate of drug-likeness (QED) is 0.868. The summed E-state index contributed by atoms with van der Waals surface area (Å²) in [6.45, 7) is 3.94. The van der Waals surface area contributed by atoms with E-state index in [0.29, 0.717) is 17.7 Å². The van der Waals surface area contributed by atoms with E-state index >= 15 is 0 Å². The van der Waals surface area contributed by atoms with E-state index in [1.807, 2.05) is 19.9 Å². The molecule has 2 rings (SSSR count). The number of benzene rings is 1. The standard InChI is InChI=1S/C16H19N3O2/c1-3-10(2)18-15(20)12-8-13(12)16(21)19-14-7-5-4-6-11(14)9-17/h4-7,10,12-13H,3,8H2,1-2H3,(H,18,20)(H,19,21). The molecule has 21 heavy (non-hydrogen) atoms. The summed E-state index contributed by atoms with van der Waals surface area (Å²) < 4.78 is 0. The van der Waals surface area contributed by atoms with Crippen molar-refractivity contribution in [2.75, 3.05) is 5.32 Å². The van der Waals surface area contributed by atoms with Gasteiger partial charge in [-0.2, -0.15) is 5.26 Å². The van der Waals surface area contributed by atoms with Crippen molar-refractivity contribution in [2.45, 2.75) is 32.7 Å². The third kappa shape index (κ3) is 3.60. The molecule has 110 valence electrons. The second kappa shape index (κ2) is 6.40. The van der Waals surface area contributed by atoms with Gasteiger partial charge in [0.1, 0.15) is 6.07 Å². The average Bonchev–Trinajstić information content (AvgIpc) is 3.28. The van der Waals surface area contributed by atoms with Crippen molar-refractivity contribution in [3.05, 3.63) is 29.8 Å². The maximum Gasteiger partial charge on any atom is 0.228 e. The predicted molar refractivity (Wildman–Crippen MR) is 79.3 cm³/mol. The molecule has 1 aromatic carbocycles. The Morgan fingerprint density at radius 1 is 1.33 bits per heavy atom. The SMILES string of the molecule is CCC(C)NC(=O)C1CC1C(=O)Nc1ccccc1C#N. The molecule has 1 aromatic rings. The van der Waals surface area contributed by atoms with Crippen LogP contribution in [0.3, 0.4) is 0 Å². The monoisotopic (exact) mass is 285 g/mol. The molecular weight excluding hydrogens is 266 g/mol. The Morgan fingerprint density at radius 2 is 2.00 bits per heavy atom. The van der Waals surface area contributed by atoms with E-state index in [0.717, 1.165) is 6.42 Å². The zero-order valence-electron chi connectivity index (χ0n) is 12.2. The Bertz CT molecular complexity index is 591. The summed E-state index contributed by atoms with van der Waals surface area (Å²) >= 11 is 0. The van der Waals surface area contributed by atoms with Gasteiger partial charge in [0.25, 0.3) is 0 Å². The number of hydrogen-bond donors (Lipinski definition) is 2. The number of carbonyl (C=O) groups is 2. The first-order valence-corrected chi connectivity index (χ1v) is 7.17. The molecule has 0 radical (unpaired) electrons. The van der Waals surface area contributed by atoms with Crippen molar-refractivity contribution < 1.29 is 9.59 Å². The van der Waals surface area contributed by atoms with Crippen molar-refractivity contribution in [1.82, 2.24) is 5.32 Å². The fourth-order valence-electron chi connectivity index (χ4n) is 2.14. The van der Waals surface area contributed by atoms with E-state index in [1.54, 1.807) is 24.3 Å². The van der Waals surface area contributed by atoms with Crippen LogP contribution in [0, 0.1) is 23.2 Å². The zero-order chi connectivity index (χ0) is 15.4. The summed E-state index contributed by atoms with van der Waals surface area (Å²) in [6, 6.07) is 9.00. The van der Waals surface area contributed by atoms with Crippen molar-refractivity contribution in [2.24, 2.45) is 11.8 Å². The molecule has 0 heterocycles. The number of rotatable bonds is 5. The lowest BCUT2D eigenvalue weighted by Crippen LogP contribution is -2.34. The number of nitrogens with one attached hydrogen (secondary N) is 2. The molecular formula is C16H19N3O2. The normalized spacial score (nSPS) is 21.0. The van der Waals surface area contributed by atoms with Gasteiger partial charge in [-0.15, -0.1) is 0 Å². The lowest BCUT2D eigenvalue weighted by Gasteiger charge is -2.11. The molecule has 0 aliphatic heterocycles. The van der Waals surface area contributed by atoms with E-state index in [-0.39, 0.29) is 29.7 Å². The highest BCUT2D eigenvalue weighted by molar-refractivity contribution is 6.00. The molecule has 1 fully saturated rings. The highest BCUT2D eigenvalue weighted by Crippen LogP contribution is 2.39. The van der Waals surface area contributed by atoms with E-state index in [2.05, 4.69) is 10.6 Å². The van der Waals surface area contributed by atoms with E-state index in [9.17, 15) is 9.59 Å². The van der Waals surface area contributed by atoms with Crippen LogP contribution >= 0.6 is 0 Å². The Hall–Kier alpha value is -2.35. The lowest BCUT2D eigenvalue weighted by molar-refractivity contribution is -0.125. The number of nitriles is 1. The van der Waals surface area contributed by atoms with Gasteiger partial charge in [0.05, 0.1) is 23.1 Å². The fourth-order valence-corrected chi connectivity index (χ4v) is 2.14. The molecule has 1 aliphatic carbocycles. The molecule has 5 heteroatoms. The smallest absolute Gasteiger partial charge is 0.228 e. The van der Waals surface area contributed by atoms with Crippen LogP contribution in [-0.2, 0) is 9.59 Å². The minimum atomic E-state index is -0.291. The zero-order valence-corrected chi connectivity index (χ0v) is 12.2. The molecule has 0 spiro atoms. The molecule has 1 saturated carbocycles. The first-order chi connectivity index (χ1) is 10.1. The van der Waals surface area contributed by atoms with E-state index in [4.69, 9.17) is 5.26 Å². The van der Waals surface area contributed by atoms with Crippen LogP contribution in [0.2, 0.25) is 0 Å². The molecule has 5 nitrogen and oxygen atoms in total. The van der Waals surface area contributed by atoms with Crippen LogP contribution in [0.5, 0.6) is 0 Å². The number of anilines is 1. The molecule has 2 N–H and O–H groups in total. The van der Waals surface area contributed by atoms with Gasteiger partial charge in [0.15, 0.2) is 0 Å². The molecule has 2 amide bonds. The van der Waals surface area contributed by atoms with Gasteiger partial charge in [-0.05, 0) is 31.9 Å². The summed E-state index contributed by atoms with van der Waals surface area (Å²) in [7, 11) is 0. The highest BCUT2D eigenvalue weighted by Gasteiger charge is 2.48. The van der Waals surface area contributed by atoms with Gasteiger partial charge < -0.3 is 10.6 Å². The van der Waals surface area contributed by atoms with Crippen molar-refractivity contribution in [1.29, 1.82) is 5.26 Å². The molecule has 3 unspecified atom stereocenters. The van der Waals surface area contributed by atoms with E-state index < -0.39 is 0 Å². The van der Waals surface area contributed by atoms with Gasteiger partial charge in [-0.1, -0.05) is 19.1 Å². The average molecular weight is 285 g/mol. The van der Waals surface area contributed by atoms with Crippen LogP contribution in [-0.4, -0.2) is 17.9 Å². The molecule has 0 bridgehead atoms. The van der Waals surface area contributed by atoms with Crippen LogP contribution in [0.15, 0.2) is 24.3 Å². The topological polar surface area (TPSA) is 82.0 Å². The number of hydrogen-bond acceptors (Lipinski definition) is 3. The lowest BCUT2D eigenvalue weighted by atomic mass is 10.2. The van der Waals surface area contributed by atoms with Crippen molar-refractivity contribution >= 4 is 17.5 Å². The minimum absolute atomic E-state index is 0.0573. The first-order valence-electron chi connectivity index (χ1n) is 7.17. The Labute approximate surface area is 124 Å². The Balaban J connectivity index is 1.92. The van der Waals surface area contributed by atoms with Crippen LogP contribution in [0.4, 0.5) is 5.69 Å². The van der Waals surface area contributed by atoms with Crippen molar-refractivity contribution in [3.8, 4) is 6.07 Å². The number of para-hydroxylation sites is 1. The first kappa shape index (κ1) is 15.0. The fraction of sp³-hybridized carbons (Fsp3) is 0.438. The Kier molecular flexibility index (Phi) is 4.59. The maximum absolute atomic E-state index is 12.1. The van der Waals surface area contributed by atoms with Gasteiger partial charge in [0.2, 0.25) is 11.8 Å².